The van der Waals surface area contributed by atoms with Gasteiger partial charge in [-0.25, -0.2) is 0 Å². The normalized spacial score (nSPS) is 16.5. The largest absolute Gasteiger partial charge is 0.384 e. The number of anilines is 1. The highest BCUT2D eigenvalue weighted by Crippen LogP contribution is 2.27. The summed E-state index contributed by atoms with van der Waals surface area (Å²) in [4.78, 5) is 10.5. The molecule has 0 unspecified atom stereocenters. The van der Waals surface area contributed by atoms with Gasteiger partial charge in [0.05, 0.1) is 4.92 Å². The molecule has 0 atom stereocenters. The van der Waals surface area contributed by atoms with Gasteiger partial charge in [0, 0.05) is 23.9 Å². The van der Waals surface area contributed by atoms with Gasteiger partial charge in [-0.1, -0.05) is 25.3 Å². The molecule has 1 aromatic carbocycles. The fourth-order valence-electron chi connectivity index (χ4n) is 2.66. The Morgan fingerprint density at radius 3 is 2.72 bits per heavy atom. The van der Waals surface area contributed by atoms with Crippen molar-refractivity contribution in [3.63, 3.8) is 0 Å². The van der Waals surface area contributed by atoms with E-state index in [4.69, 9.17) is 0 Å². The predicted octanol–water partition coefficient (Wildman–Crippen LogP) is 3.90. The van der Waals surface area contributed by atoms with Crippen LogP contribution in [0.25, 0.3) is 0 Å². The standard InChI is InChI=1S/C14H20N2O2/c1-11-13(8-5-9-14(11)16(17)18)15-10-12-6-3-2-4-7-12/h5,8-9,12,15H,2-4,6-7,10H2,1H3. The van der Waals surface area contributed by atoms with Crippen molar-refractivity contribution in [3.8, 4) is 0 Å². The lowest BCUT2D eigenvalue weighted by atomic mass is 9.89. The molecule has 98 valence electrons. The Bertz CT molecular complexity index is 426. The molecule has 1 N–H and O–H groups in total. The zero-order chi connectivity index (χ0) is 13.0. The number of benzene rings is 1. The van der Waals surface area contributed by atoms with E-state index in [9.17, 15) is 10.1 Å². The molecule has 0 saturated heterocycles. The summed E-state index contributed by atoms with van der Waals surface area (Å²) in [6, 6.07) is 5.22. The maximum Gasteiger partial charge on any atom is 0.274 e. The van der Waals surface area contributed by atoms with Crippen LogP contribution in [-0.2, 0) is 0 Å². The van der Waals surface area contributed by atoms with E-state index in [-0.39, 0.29) is 10.6 Å². The molecule has 4 heteroatoms. The van der Waals surface area contributed by atoms with Crippen LogP contribution in [0.15, 0.2) is 18.2 Å². The third-order valence-electron chi connectivity index (χ3n) is 3.81. The van der Waals surface area contributed by atoms with Gasteiger partial charge >= 0.3 is 0 Å². The molecule has 0 amide bonds. The quantitative estimate of drug-likeness (QED) is 0.649. The maximum atomic E-state index is 10.9. The first kappa shape index (κ1) is 12.9. The first-order chi connectivity index (χ1) is 8.68. The van der Waals surface area contributed by atoms with Crippen molar-refractivity contribution in [1.82, 2.24) is 0 Å². The molecule has 2 rings (SSSR count). The van der Waals surface area contributed by atoms with Gasteiger partial charge in [-0.2, -0.15) is 0 Å². The molecule has 1 aliphatic carbocycles. The second-order valence-electron chi connectivity index (χ2n) is 5.09. The predicted molar refractivity (Wildman–Crippen MR) is 72.9 cm³/mol. The highest BCUT2D eigenvalue weighted by atomic mass is 16.6. The Morgan fingerprint density at radius 1 is 1.33 bits per heavy atom. The summed E-state index contributed by atoms with van der Waals surface area (Å²) >= 11 is 0. The van der Waals surface area contributed by atoms with Crippen molar-refractivity contribution in [3.05, 3.63) is 33.9 Å². The average molecular weight is 248 g/mol. The highest BCUT2D eigenvalue weighted by molar-refractivity contribution is 5.59. The van der Waals surface area contributed by atoms with Gasteiger partial charge in [-0.05, 0) is 31.7 Å². The summed E-state index contributed by atoms with van der Waals surface area (Å²) in [6.45, 7) is 2.74. The molecular weight excluding hydrogens is 228 g/mol. The SMILES string of the molecule is Cc1c(NCC2CCCCC2)cccc1[N+](=O)[O-]. The third kappa shape index (κ3) is 3.00. The molecule has 1 fully saturated rings. The summed E-state index contributed by atoms with van der Waals surface area (Å²) < 4.78 is 0. The minimum Gasteiger partial charge on any atom is -0.384 e. The Hall–Kier alpha value is -1.58. The van der Waals surface area contributed by atoms with Crippen LogP contribution in [0.2, 0.25) is 0 Å². The molecule has 0 radical (unpaired) electrons. The fraction of sp³-hybridized carbons (Fsp3) is 0.571. The van der Waals surface area contributed by atoms with Crippen molar-refractivity contribution in [2.45, 2.75) is 39.0 Å². The number of nitrogens with zero attached hydrogens (tertiary/aromatic N) is 1. The summed E-state index contributed by atoms with van der Waals surface area (Å²) in [5, 5.41) is 14.2. The summed E-state index contributed by atoms with van der Waals surface area (Å²) in [5.41, 5.74) is 1.83. The lowest BCUT2D eigenvalue weighted by molar-refractivity contribution is -0.385. The monoisotopic (exact) mass is 248 g/mol. The Balaban J connectivity index is 2.00. The van der Waals surface area contributed by atoms with E-state index in [1.807, 2.05) is 6.07 Å². The van der Waals surface area contributed by atoms with Gasteiger partial charge < -0.3 is 5.32 Å². The van der Waals surface area contributed by atoms with Crippen LogP contribution in [0.5, 0.6) is 0 Å². The molecule has 1 saturated carbocycles. The van der Waals surface area contributed by atoms with Crippen LogP contribution in [0, 0.1) is 23.0 Å². The van der Waals surface area contributed by atoms with Crippen LogP contribution in [-0.4, -0.2) is 11.5 Å². The summed E-state index contributed by atoms with van der Waals surface area (Å²) in [6.07, 6.45) is 6.55. The highest BCUT2D eigenvalue weighted by Gasteiger charge is 2.16. The summed E-state index contributed by atoms with van der Waals surface area (Å²) in [7, 11) is 0. The second kappa shape index (κ2) is 5.85. The topological polar surface area (TPSA) is 55.2 Å². The van der Waals surface area contributed by atoms with Crippen LogP contribution in [0.3, 0.4) is 0 Å². The first-order valence-electron chi connectivity index (χ1n) is 6.66. The van der Waals surface area contributed by atoms with Crippen LogP contribution in [0.1, 0.15) is 37.7 Å². The van der Waals surface area contributed by atoms with Crippen LogP contribution >= 0.6 is 0 Å². The molecule has 1 aromatic rings. The van der Waals surface area contributed by atoms with Crippen molar-refractivity contribution in [2.75, 3.05) is 11.9 Å². The first-order valence-corrected chi connectivity index (χ1v) is 6.66. The number of nitro groups is 1. The van der Waals surface area contributed by atoms with Gasteiger partial charge in [-0.3, -0.25) is 10.1 Å². The van der Waals surface area contributed by atoms with Crippen molar-refractivity contribution >= 4 is 11.4 Å². The van der Waals surface area contributed by atoms with Gasteiger partial charge in [0.15, 0.2) is 0 Å². The Kier molecular flexibility index (Phi) is 4.18. The van der Waals surface area contributed by atoms with E-state index in [1.165, 1.54) is 32.1 Å². The zero-order valence-corrected chi connectivity index (χ0v) is 10.8. The second-order valence-corrected chi connectivity index (χ2v) is 5.09. The van der Waals surface area contributed by atoms with Crippen molar-refractivity contribution < 1.29 is 4.92 Å². The smallest absolute Gasteiger partial charge is 0.274 e. The number of nitrogens with one attached hydrogen (secondary N) is 1. The van der Waals surface area contributed by atoms with Gasteiger partial charge in [0.2, 0.25) is 0 Å². The maximum absolute atomic E-state index is 10.9. The molecule has 1 aliphatic rings. The van der Waals surface area contributed by atoms with Crippen molar-refractivity contribution in [1.29, 1.82) is 0 Å². The van der Waals surface area contributed by atoms with E-state index in [0.717, 1.165) is 23.7 Å². The van der Waals surface area contributed by atoms with Crippen LogP contribution in [0.4, 0.5) is 11.4 Å². The van der Waals surface area contributed by atoms with E-state index in [1.54, 1.807) is 19.1 Å². The lowest BCUT2D eigenvalue weighted by Crippen LogP contribution is -2.17. The van der Waals surface area contributed by atoms with Gasteiger partial charge in [0.1, 0.15) is 0 Å². The summed E-state index contributed by atoms with van der Waals surface area (Å²) in [5.74, 6) is 0.720. The Morgan fingerprint density at radius 2 is 2.06 bits per heavy atom. The molecule has 18 heavy (non-hydrogen) atoms. The minimum atomic E-state index is -0.318. The zero-order valence-electron chi connectivity index (χ0n) is 10.8. The average Bonchev–Trinajstić information content (AvgIpc) is 2.38. The van der Waals surface area contributed by atoms with Gasteiger partial charge in [-0.15, -0.1) is 0 Å². The molecule has 0 spiro atoms. The number of hydrogen-bond acceptors (Lipinski definition) is 3. The number of nitro benzene ring substituents is 1. The molecule has 0 heterocycles. The van der Waals surface area contributed by atoms with E-state index in [2.05, 4.69) is 5.32 Å². The van der Waals surface area contributed by atoms with Crippen molar-refractivity contribution in [2.24, 2.45) is 5.92 Å². The van der Waals surface area contributed by atoms with E-state index in [0.29, 0.717) is 0 Å². The molecule has 0 aromatic heterocycles. The Labute approximate surface area is 108 Å². The molecular formula is C14H20N2O2. The van der Waals surface area contributed by atoms with E-state index >= 15 is 0 Å². The minimum absolute atomic E-state index is 0.198. The molecule has 0 bridgehead atoms. The van der Waals surface area contributed by atoms with Crippen LogP contribution < -0.4 is 5.32 Å². The number of rotatable bonds is 4. The lowest BCUT2D eigenvalue weighted by Gasteiger charge is -2.22. The third-order valence-corrected chi connectivity index (χ3v) is 3.81. The molecule has 4 nitrogen and oxygen atoms in total. The number of hydrogen-bond donors (Lipinski definition) is 1. The fourth-order valence-corrected chi connectivity index (χ4v) is 2.66. The van der Waals surface area contributed by atoms with Gasteiger partial charge in [0.25, 0.3) is 5.69 Å². The van der Waals surface area contributed by atoms with E-state index < -0.39 is 0 Å². The molecule has 0 aliphatic heterocycles.